The molecule has 9 heteroatoms. The lowest BCUT2D eigenvalue weighted by Crippen LogP contribution is -2.35. The number of para-hydroxylation sites is 1. The van der Waals surface area contributed by atoms with Crippen molar-refractivity contribution < 1.29 is 14.3 Å². The van der Waals surface area contributed by atoms with Crippen LogP contribution < -0.4 is 15.2 Å². The van der Waals surface area contributed by atoms with E-state index < -0.39 is 5.91 Å². The Bertz CT molecular complexity index is 1230. The third-order valence-electron chi connectivity index (χ3n) is 4.62. The lowest BCUT2D eigenvalue weighted by Gasteiger charge is -2.14. The van der Waals surface area contributed by atoms with Crippen molar-refractivity contribution in [2.75, 3.05) is 5.01 Å². The molecule has 0 spiro atoms. The molecule has 1 fully saturated rings. The van der Waals surface area contributed by atoms with Crippen LogP contribution in [0, 0.1) is 7.14 Å². The van der Waals surface area contributed by atoms with Gasteiger partial charge in [-0.05, 0) is 93.2 Å². The molecule has 0 radical (unpaired) electrons. The molecule has 1 heterocycles. The highest BCUT2D eigenvalue weighted by atomic mass is 127. The second-order valence-corrected chi connectivity index (χ2v) is 10.9. The van der Waals surface area contributed by atoms with E-state index in [2.05, 4.69) is 82.5 Å². The van der Waals surface area contributed by atoms with Gasteiger partial charge in [0.2, 0.25) is 0 Å². The van der Waals surface area contributed by atoms with Gasteiger partial charge in [-0.25, -0.2) is 5.01 Å². The molecule has 2 amide bonds. The summed E-state index contributed by atoms with van der Waals surface area (Å²) in [5, 5.41) is 1.26. The number of carbonyl (C=O) groups is 2. The van der Waals surface area contributed by atoms with E-state index in [0.717, 1.165) is 33.0 Å². The summed E-state index contributed by atoms with van der Waals surface area (Å²) in [5.41, 5.74) is 5.10. The second kappa shape index (κ2) is 10.2. The summed E-state index contributed by atoms with van der Waals surface area (Å²) in [4.78, 5) is 25.3. The van der Waals surface area contributed by atoms with E-state index in [4.69, 9.17) is 4.74 Å². The van der Waals surface area contributed by atoms with Crippen LogP contribution in [0.1, 0.15) is 11.1 Å². The minimum absolute atomic E-state index is 0.0907. The molecular weight excluding hydrogens is 766 g/mol. The van der Waals surface area contributed by atoms with Gasteiger partial charge in [-0.2, -0.15) is 0 Å². The minimum atomic E-state index is -0.427. The number of hydrogen-bond donors (Lipinski definition) is 1. The summed E-state index contributed by atoms with van der Waals surface area (Å²) in [5.74, 6) is -0.0489. The van der Waals surface area contributed by atoms with Crippen LogP contribution in [0.15, 0.2) is 75.2 Å². The first-order valence-corrected chi connectivity index (χ1v) is 13.1. The Labute approximate surface area is 229 Å². The summed E-state index contributed by atoms with van der Waals surface area (Å²) >= 11 is 11.4. The third-order valence-corrected chi connectivity index (χ3v) is 7.46. The molecule has 1 aliphatic heterocycles. The Morgan fingerprint density at radius 3 is 2.31 bits per heavy atom. The summed E-state index contributed by atoms with van der Waals surface area (Å²) in [6.07, 6.45) is 1.61. The summed E-state index contributed by atoms with van der Waals surface area (Å²) in [6, 6.07) is 18.7. The maximum Gasteiger partial charge on any atom is 0.282 e. The van der Waals surface area contributed by atoms with Crippen LogP contribution in [0.5, 0.6) is 5.75 Å². The maximum atomic E-state index is 12.8. The first-order valence-electron chi connectivity index (χ1n) is 9.31. The Hall–Kier alpha value is -1.44. The van der Waals surface area contributed by atoms with Crippen molar-refractivity contribution in [3.63, 3.8) is 0 Å². The lowest BCUT2D eigenvalue weighted by molar-refractivity contribution is -0.117. The van der Waals surface area contributed by atoms with Gasteiger partial charge >= 0.3 is 0 Å². The fraction of sp³-hybridized carbons (Fsp3) is 0.0435. The maximum absolute atomic E-state index is 12.8. The highest BCUT2D eigenvalue weighted by Gasteiger charge is 2.34. The van der Waals surface area contributed by atoms with E-state index in [9.17, 15) is 9.59 Å². The number of nitrogens with zero attached hydrogens (tertiary/aromatic N) is 1. The topological polar surface area (TPSA) is 58.6 Å². The van der Waals surface area contributed by atoms with Crippen LogP contribution >= 0.6 is 77.0 Å². The zero-order chi connectivity index (χ0) is 22.8. The molecule has 0 atom stereocenters. The monoisotopic (exact) mass is 778 g/mol. The highest BCUT2D eigenvalue weighted by molar-refractivity contribution is 14.1. The molecule has 0 aromatic heterocycles. The predicted molar refractivity (Wildman–Crippen MR) is 148 cm³/mol. The summed E-state index contributed by atoms with van der Waals surface area (Å²) < 4.78 is 9.82. The molecule has 0 unspecified atom stereocenters. The number of nitrogens with one attached hydrogen (secondary N) is 1. The Morgan fingerprint density at radius 1 is 0.969 bits per heavy atom. The molecule has 32 heavy (non-hydrogen) atoms. The number of amides is 2. The van der Waals surface area contributed by atoms with E-state index in [-0.39, 0.29) is 11.5 Å². The van der Waals surface area contributed by atoms with E-state index in [1.165, 1.54) is 5.01 Å². The zero-order valence-electron chi connectivity index (χ0n) is 16.2. The van der Waals surface area contributed by atoms with Crippen molar-refractivity contribution in [3.05, 3.63) is 93.4 Å². The zero-order valence-corrected chi connectivity index (χ0v) is 23.7. The van der Waals surface area contributed by atoms with E-state index >= 15 is 0 Å². The normalized spacial score (nSPS) is 14.8. The molecule has 0 saturated carbocycles. The molecule has 1 aliphatic rings. The van der Waals surface area contributed by atoms with Crippen molar-refractivity contribution in [1.29, 1.82) is 0 Å². The van der Waals surface area contributed by atoms with E-state index in [1.807, 2.05) is 48.5 Å². The Kier molecular flexibility index (Phi) is 7.58. The number of rotatable bonds is 5. The molecule has 0 bridgehead atoms. The lowest BCUT2D eigenvalue weighted by atomic mass is 10.1. The predicted octanol–water partition coefficient (Wildman–Crippen LogP) is 6.46. The molecule has 1 N–H and O–H groups in total. The van der Waals surface area contributed by atoms with Crippen molar-refractivity contribution >= 4 is 101 Å². The van der Waals surface area contributed by atoms with Gasteiger partial charge in [-0.3, -0.25) is 15.0 Å². The van der Waals surface area contributed by atoms with Gasteiger partial charge < -0.3 is 4.74 Å². The van der Waals surface area contributed by atoms with Gasteiger partial charge in [0.05, 0.1) is 12.8 Å². The Balaban J connectivity index is 1.56. The largest absolute Gasteiger partial charge is 0.487 e. The van der Waals surface area contributed by atoms with Gasteiger partial charge in [-0.1, -0.05) is 56.1 Å². The van der Waals surface area contributed by atoms with Crippen LogP contribution in [0.2, 0.25) is 0 Å². The van der Waals surface area contributed by atoms with E-state index in [1.54, 1.807) is 18.2 Å². The molecule has 4 rings (SSSR count). The molecule has 5 nitrogen and oxygen atoms in total. The SMILES string of the molecule is O=C1NN(c2ccccc2)C(=O)/C1=C\c1cc(I)c(OCc2ccc(Br)cc2Br)c(I)c1. The number of carbonyl (C=O) groups excluding carboxylic acids is 2. The van der Waals surface area contributed by atoms with Gasteiger partial charge in [0.25, 0.3) is 11.8 Å². The average Bonchev–Trinajstić information content (AvgIpc) is 3.03. The minimum Gasteiger partial charge on any atom is -0.487 e. The van der Waals surface area contributed by atoms with Gasteiger partial charge in [0.1, 0.15) is 17.9 Å². The highest BCUT2D eigenvalue weighted by Crippen LogP contribution is 2.32. The van der Waals surface area contributed by atoms with Gasteiger partial charge in [0.15, 0.2) is 0 Å². The van der Waals surface area contributed by atoms with Crippen molar-refractivity contribution in [2.24, 2.45) is 0 Å². The fourth-order valence-electron chi connectivity index (χ4n) is 3.07. The fourth-order valence-corrected chi connectivity index (χ4v) is 6.36. The third kappa shape index (κ3) is 5.20. The number of ether oxygens (including phenoxy) is 1. The first kappa shape index (κ1) is 23.7. The van der Waals surface area contributed by atoms with Gasteiger partial charge in [0, 0.05) is 14.5 Å². The number of hydrogen-bond acceptors (Lipinski definition) is 3. The van der Waals surface area contributed by atoms with Crippen LogP contribution in [-0.2, 0) is 16.2 Å². The van der Waals surface area contributed by atoms with Crippen molar-refractivity contribution in [2.45, 2.75) is 6.61 Å². The standard InChI is InChI=1S/C23H14Br2I2N2O3/c24-15-7-6-14(18(25)11-15)12-32-21-19(26)9-13(10-20(21)27)8-17-22(30)28-29(23(17)31)16-4-2-1-3-5-16/h1-11H,12H2,(H,28,30)/b17-8-. The van der Waals surface area contributed by atoms with Crippen LogP contribution in [-0.4, -0.2) is 11.8 Å². The number of hydrazine groups is 1. The number of halogens is 4. The van der Waals surface area contributed by atoms with E-state index in [0.29, 0.717) is 12.3 Å². The molecular formula is C23H14Br2I2N2O3. The van der Waals surface area contributed by atoms with Gasteiger partial charge in [-0.15, -0.1) is 0 Å². The molecule has 3 aromatic carbocycles. The quantitative estimate of drug-likeness (QED) is 0.184. The molecule has 162 valence electrons. The Morgan fingerprint density at radius 2 is 1.66 bits per heavy atom. The summed E-state index contributed by atoms with van der Waals surface area (Å²) in [6.45, 7) is 0.410. The second-order valence-electron chi connectivity index (χ2n) is 6.81. The molecule has 0 aliphatic carbocycles. The first-order chi connectivity index (χ1) is 15.3. The average molecular weight is 780 g/mol. The van der Waals surface area contributed by atoms with Crippen molar-refractivity contribution in [1.82, 2.24) is 5.43 Å². The van der Waals surface area contributed by atoms with Crippen LogP contribution in [0.3, 0.4) is 0 Å². The number of anilines is 1. The molecule has 3 aromatic rings. The summed E-state index contributed by atoms with van der Waals surface area (Å²) in [7, 11) is 0. The van der Waals surface area contributed by atoms with Crippen LogP contribution in [0.25, 0.3) is 6.08 Å². The molecule has 1 saturated heterocycles. The number of benzene rings is 3. The van der Waals surface area contributed by atoms with Crippen LogP contribution in [0.4, 0.5) is 5.69 Å². The smallest absolute Gasteiger partial charge is 0.282 e. The van der Waals surface area contributed by atoms with Crippen molar-refractivity contribution in [3.8, 4) is 5.75 Å².